The summed E-state index contributed by atoms with van der Waals surface area (Å²) < 4.78 is 11.3. The predicted molar refractivity (Wildman–Crippen MR) is 69.1 cm³/mol. The molecule has 104 valence electrons. The molecule has 1 saturated carbocycles. The lowest BCUT2D eigenvalue weighted by molar-refractivity contribution is -0.165. The molecule has 2 fully saturated rings. The fourth-order valence-electron chi connectivity index (χ4n) is 3.06. The first-order chi connectivity index (χ1) is 8.54. The Morgan fingerprint density at radius 3 is 2.22 bits per heavy atom. The van der Waals surface area contributed by atoms with Crippen LogP contribution in [0.4, 0.5) is 0 Å². The van der Waals surface area contributed by atoms with Gasteiger partial charge in [0.1, 0.15) is 6.10 Å². The average molecular weight is 255 g/mol. The molecule has 0 aromatic heterocycles. The standard InChI is InChI=1S/C14H25NO3/c1-9-7-13(8-10(2)17-9)18-14(16)11-3-5-12(15)6-4-11/h9-13H,3-8,15H2,1-2H3. The van der Waals surface area contributed by atoms with Crippen molar-refractivity contribution in [3.63, 3.8) is 0 Å². The van der Waals surface area contributed by atoms with E-state index < -0.39 is 0 Å². The molecule has 2 atom stereocenters. The lowest BCUT2D eigenvalue weighted by atomic mass is 9.86. The second kappa shape index (κ2) is 6.02. The third-order valence-electron chi connectivity index (χ3n) is 4.04. The van der Waals surface area contributed by atoms with E-state index in [0.717, 1.165) is 38.5 Å². The van der Waals surface area contributed by atoms with Gasteiger partial charge in [0.05, 0.1) is 18.1 Å². The van der Waals surface area contributed by atoms with Crippen molar-refractivity contribution in [1.82, 2.24) is 0 Å². The molecule has 1 aliphatic heterocycles. The second-order valence-corrected chi connectivity index (χ2v) is 5.90. The first-order valence-electron chi connectivity index (χ1n) is 7.16. The molecule has 0 radical (unpaired) electrons. The largest absolute Gasteiger partial charge is 0.462 e. The molecule has 1 saturated heterocycles. The van der Waals surface area contributed by atoms with E-state index in [9.17, 15) is 4.79 Å². The predicted octanol–water partition coefficient (Wildman–Crippen LogP) is 2.00. The number of carbonyl (C=O) groups is 1. The summed E-state index contributed by atoms with van der Waals surface area (Å²) in [4.78, 5) is 12.1. The van der Waals surface area contributed by atoms with E-state index in [-0.39, 0.29) is 36.2 Å². The normalized spacial score (nSPS) is 41.4. The lowest BCUT2D eigenvalue weighted by Crippen LogP contribution is -2.37. The zero-order chi connectivity index (χ0) is 13.1. The summed E-state index contributed by atoms with van der Waals surface area (Å²) in [6, 6.07) is 0.275. The van der Waals surface area contributed by atoms with Gasteiger partial charge in [-0.25, -0.2) is 0 Å². The monoisotopic (exact) mass is 255 g/mol. The van der Waals surface area contributed by atoms with E-state index in [1.165, 1.54) is 0 Å². The van der Waals surface area contributed by atoms with E-state index >= 15 is 0 Å². The first kappa shape index (κ1) is 13.8. The van der Waals surface area contributed by atoms with Gasteiger partial charge in [-0.15, -0.1) is 0 Å². The molecule has 0 spiro atoms. The molecule has 2 N–H and O–H groups in total. The van der Waals surface area contributed by atoms with Crippen LogP contribution in [0.15, 0.2) is 0 Å². The van der Waals surface area contributed by atoms with Gasteiger partial charge in [0.25, 0.3) is 0 Å². The van der Waals surface area contributed by atoms with E-state index in [1.807, 2.05) is 13.8 Å². The highest BCUT2D eigenvalue weighted by molar-refractivity contribution is 5.72. The van der Waals surface area contributed by atoms with Crippen LogP contribution in [-0.4, -0.2) is 30.3 Å². The van der Waals surface area contributed by atoms with Gasteiger partial charge in [0, 0.05) is 18.9 Å². The van der Waals surface area contributed by atoms with Gasteiger partial charge >= 0.3 is 5.97 Å². The van der Waals surface area contributed by atoms with Crippen LogP contribution in [0, 0.1) is 5.92 Å². The smallest absolute Gasteiger partial charge is 0.309 e. The van der Waals surface area contributed by atoms with Crippen LogP contribution in [0.1, 0.15) is 52.4 Å². The zero-order valence-corrected chi connectivity index (χ0v) is 11.4. The number of ether oxygens (including phenoxy) is 2. The molecular formula is C14H25NO3. The minimum atomic E-state index is -0.0202. The van der Waals surface area contributed by atoms with Gasteiger partial charge < -0.3 is 15.2 Å². The van der Waals surface area contributed by atoms with Gasteiger partial charge in [-0.05, 0) is 39.5 Å². The van der Waals surface area contributed by atoms with Crippen molar-refractivity contribution in [3.8, 4) is 0 Å². The van der Waals surface area contributed by atoms with Crippen molar-refractivity contribution in [2.45, 2.75) is 76.7 Å². The van der Waals surface area contributed by atoms with Crippen LogP contribution in [0.3, 0.4) is 0 Å². The van der Waals surface area contributed by atoms with Crippen molar-refractivity contribution < 1.29 is 14.3 Å². The number of rotatable bonds is 2. The Kier molecular flexibility index (Phi) is 4.62. The Hall–Kier alpha value is -0.610. The lowest BCUT2D eigenvalue weighted by Gasteiger charge is -2.33. The van der Waals surface area contributed by atoms with Crippen LogP contribution < -0.4 is 5.73 Å². The van der Waals surface area contributed by atoms with Gasteiger partial charge in [0.15, 0.2) is 0 Å². The molecule has 2 rings (SSSR count). The third-order valence-corrected chi connectivity index (χ3v) is 4.04. The van der Waals surface area contributed by atoms with Gasteiger partial charge in [-0.3, -0.25) is 4.79 Å². The van der Waals surface area contributed by atoms with Crippen molar-refractivity contribution in [2.75, 3.05) is 0 Å². The SMILES string of the molecule is CC1CC(OC(=O)C2CCC(N)CC2)CC(C)O1. The van der Waals surface area contributed by atoms with Crippen molar-refractivity contribution >= 4 is 5.97 Å². The third kappa shape index (κ3) is 3.69. The molecule has 18 heavy (non-hydrogen) atoms. The van der Waals surface area contributed by atoms with Crippen LogP contribution >= 0.6 is 0 Å². The summed E-state index contributed by atoms with van der Waals surface area (Å²) >= 11 is 0. The van der Waals surface area contributed by atoms with Crippen molar-refractivity contribution in [3.05, 3.63) is 0 Å². The number of carbonyl (C=O) groups excluding carboxylic acids is 1. The molecule has 0 bridgehead atoms. The van der Waals surface area contributed by atoms with Gasteiger partial charge in [0.2, 0.25) is 0 Å². The summed E-state index contributed by atoms with van der Waals surface area (Å²) in [5.74, 6) is 0.0476. The highest BCUT2D eigenvalue weighted by atomic mass is 16.6. The quantitative estimate of drug-likeness (QED) is 0.767. The zero-order valence-electron chi connectivity index (χ0n) is 11.4. The molecule has 0 amide bonds. The summed E-state index contributed by atoms with van der Waals surface area (Å²) in [5, 5.41) is 0. The van der Waals surface area contributed by atoms with E-state index in [1.54, 1.807) is 0 Å². The van der Waals surface area contributed by atoms with Crippen LogP contribution in [0.2, 0.25) is 0 Å². The summed E-state index contributed by atoms with van der Waals surface area (Å²) in [7, 11) is 0. The fourth-order valence-corrected chi connectivity index (χ4v) is 3.06. The van der Waals surface area contributed by atoms with Crippen molar-refractivity contribution in [2.24, 2.45) is 11.7 Å². The average Bonchev–Trinajstić information content (AvgIpc) is 2.28. The topological polar surface area (TPSA) is 61.5 Å². The molecular weight excluding hydrogens is 230 g/mol. The van der Waals surface area contributed by atoms with Crippen molar-refractivity contribution in [1.29, 1.82) is 0 Å². The molecule has 0 aromatic carbocycles. The Labute approximate surface area is 109 Å². The first-order valence-corrected chi connectivity index (χ1v) is 7.16. The summed E-state index contributed by atoms with van der Waals surface area (Å²) in [6.07, 6.45) is 5.71. The molecule has 4 nitrogen and oxygen atoms in total. The van der Waals surface area contributed by atoms with E-state index in [0.29, 0.717) is 0 Å². The molecule has 2 aliphatic rings. The maximum Gasteiger partial charge on any atom is 0.309 e. The highest BCUT2D eigenvalue weighted by Gasteiger charge is 2.31. The van der Waals surface area contributed by atoms with E-state index in [4.69, 9.17) is 15.2 Å². The molecule has 1 aliphatic carbocycles. The Bertz CT molecular complexity index is 277. The number of esters is 1. The fraction of sp³-hybridized carbons (Fsp3) is 0.929. The Morgan fingerprint density at radius 2 is 1.67 bits per heavy atom. The highest BCUT2D eigenvalue weighted by Crippen LogP contribution is 2.27. The van der Waals surface area contributed by atoms with Gasteiger partial charge in [-0.2, -0.15) is 0 Å². The molecule has 1 heterocycles. The maximum absolute atomic E-state index is 12.1. The Morgan fingerprint density at radius 1 is 1.11 bits per heavy atom. The molecule has 4 heteroatoms. The minimum absolute atomic E-state index is 0.0202. The number of hydrogen-bond acceptors (Lipinski definition) is 4. The maximum atomic E-state index is 12.1. The van der Waals surface area contributed by atoms with Crippen LogP contribution in [-0.2, 0) is 14.3 Å². The van der Waals surface area contributed by atoms with Crippen LogP contribution in [0.5, 0.6) is 0 Å². The summed E-state index contributed by atoms with van der Waals surface area (Å²) in [5.41, 5.74) is 5.85. The van der Waals surface area contributed by atoms with Crippen LogP contribution in [0.25, 0.3) is 0 Å². The summed E-state index contributed by atoms with van der Waals surface area (Å²) in [6.45, 7) is 4.08. The van der Waals surface area contributed by atoms with E-state index in [2.05, 4.69) is 0 Å². The minimum Gasteiger partial charge on any atom is -0.462 e. The second-order valence-electron chi connectivity index (χ2n) is 5.90. The molecule has 2 unspecified atom stereocenters. The number of hydrogen-bond donors (Lipinski definition) is 1. The number of nitrogens with two attached hydrogens (primary N) is 1. The molecule has 0 aromatic rings. The van der Waals surface area contributed by atoms with Gasteiger partial charge in [-0.1, -0.05) is 0 Å². The Balaban J connectivity index is 1.80.